The Bertz CT molecular complexity index is 318. The second kappa shape index (κ2) is 5.43. The molecule has 1 aliphatic heterocycles. The molecule has 1 rings (SSSR count). The Morgan fingerprint density at radius 3 is 2.75 bits per heavy atom. The number of nitrogens with zero attached hydrogens (tertiary/aromatic N) is 1. The van der Waals surface area contributed by atoms with Gasteiger partial charge in [0, 0.05) is 41.8 Å². The molecule has 1 saturated heterocycles. The summed E-state index contributed by atoms with van der Waals surface area (Å²) in [5, 5.41) is 8.83. The molecule has 0 aromatic heterocycles. The molecule has 1 amide bonds. The Balaban J connectivity index is 2.42. The van der Waals surface area contributed by atoms with Gasteiger partial charge in [0.25, 0.3) is 0 Å². The van der Waals surface area contributed by atoms with Crippen LogP contribution in [0.5, 0.6) is 0 Å². The second-order valence-corrected chi connectivity index (χ2v) is 5.98. The lowest BCUT2D eigenvalue weighted by Gasteiger charge is -2.17. The maximum atomic E-state index is 11.5. The minimum Gasteiger partial charge on any atom is -0.481 e. The second-order valence-electron chi connectivity index (χ2n) is 4.18. The molecule has 0 aliphatic carbocycles. The predicted octanol–water partition coefficient (Wildman–Crippen LogP) is 0.0766. The lowest BCUT2D eigenvalue weighted by Crippen LogP contribution is -2.29. The fraction of sp³-hybridized carbons (Fsp3) is 0.800. The molecule has 6 heteroatoms. The lowest BCUT2D eigenvalue weighted by atomic mass is 10.1. The molecule has 3 atom stereocenters. The molecular weight excluding hydrogens is 230 g/mol. The van der Waals surface area contributed by atoms with Gasteiger partial charge >= 0.3 is 5.97 Å². The molecule has 1 heterocycles. The lowest BCUT2D eigenvalue weighted by molar-refractivity contribution is -0.141. The molecule has 0 aromatic carbocycles. The number of carbonyl (C=O) groups excluding carboxylic acids is 1. The zero-order valence-electron chi connectivity index (χ0n) is 9.51. The SMILES string of the molecule is CC(CCN1CC(C(=O)O)CC1=O)S(C)=O. The number of carboxylic acids is 1. The van der Waals surface area contributed by atoms with Crippen LogP contribution < -0.4 is 0 Å². The zero-order chi connectivity index (χ0) is 12.3. The number of carbonyl (C=O) groups is 2. The molecule has 92 valence electrons. The Hall–Kier alpha value is -0.910. The van der Waals surface area contributed by atoms with Crippen molar-refractivity contribution >= 4 is 22.7 Å². The van der Waals surface area contributed by atoms with Gasteiger partial charge in [-0.05, 0) is 6.42 Å². The fourth-order valence-electron chi connectivity index (χ4n) is 1.66. The number of hydrogen-bond acceptors (Lipinski definition) is 3. The van der Waals surface area contributed by atoms with Gasteiger partial charge in [-0.1, -0.05) is 6.92 Å². The summed E-state index contributed by atoms with van der Waals surface area (Å²) in [5.74, 6) is -1.60. The highest BCUT2D eigenvalue weighted by Crippen LogP contribution is 2.18. The van der Waals surface area contributed by atoms with Crippen LogP contribution >= 0.6 is 0 Å². The summed E-state index contributed by atoms with van der Waals surface area (Å²) in [7, 11) is -0.893. The molecule has 0 radical (unpaired) electrons. The highest BCUT2D eigenvalue weighted by atomic mass is 32.2. The molecule has 3 unspecified atom stereocenters. The summed E-state index contributed by atoms with van der Waals surface area (Å²) in [6.45, 7) is 2.66. The van der Waals surface area contributed by atoms with Crippen molar-refractivity contribution in [3.8, 4) is 0 Å². The van der Waals surface area contributed by atoms with Crippen LogP contribution in [0.15, 0.2) is 0 Å². The topological polar surface area (TPSA) is 74.7 Å². The predicted molar refractivity (Wildman–Crippen MR) is 60.5 cm³/mol. The summed E-state index contributed by atoms with van der Waals surface area (Å²) < 4.78 is 11.1. The molecule has 0 bridgehead atoms. The highest BCUT2D eigenvalue weighted by Gasteiger charge is 2.33. The van der Waals surface area contributed by atoms with E-state index in [0.717, 1.165) is 0 Å². The van der Waals surface area contributed by atoms with Crippen LogP contribution in [-0.2, 0) is 20.4 Å². The van der Waals surface area contributed by atoms with E-state index in [1.165, 1.54) is 0 Å². The molecule has 1 aliphatic rings. The number of likely N-dealkylation sites (tertiary alicyclic amines) is 1. The molecule has 0 aromatic rings. The summed E-state index contributed by atoms with van der Waals surface area (Å²) in [6.07, 6.45) is 2.39. The van der Waals surface area contributed by atoms with Crippen molar-refractivity contribution in [2.45, 2.75) is 25.0 Å². The molecule has 16 heavy (non-hydrogen) atoms. The van der Waals surface area contributed by atoms with Crippen molar-refractivity contribution in [3.05, 3.63) is 0 Å². The van der Waals surface area contributed by atoms with Gasteiger partial charge in [-0.3, -0.25) is 13.8 Å². The first-order valence-electron chi connectivity index (χ1n) is 5.24. The molecule has 1 N–H and O–H groups in total. The van der Waals surface area contributed by atoms with E-state index in [-0.39, 0.29) is 24.1 Å². The zero-order valence-corrected chi connectivity index (χ0v) is 10.3. The van der Waals surface area contributed by atoms with Crippen molar-refractivity contribution in [1.29, 1.82) is 0 Å². The van der Waals surface area contributed by atoms with E-state index in [2.05, 4.69) is 0 Å². The van der Waals surface area contributed by atoms with Gasteiger partial charge in [-0.15, -0.1) is 0 Å². The largest absolute Gasteiger partial charge is 0.481 e. The van der Waals surface area contributed by atoms with Crippen molar-refractivity contribution in [3.63, 3.8) is 0 Å². The third-order valence-corrected chi connectivity index (χ3v) is 4.30. The van der Waals surface area contributed by atoms with Crippen LogP contribution in [0.4, 0.5) is 0 Å². The fourth-order valence-corrected chi connectivity index (χ4v) is 2.09. The van der Waals surface area contributed by atoms with E-state index < -0.39 is 22.7 Å². The number of aliphatic carboxylic acids is 1. The van der Waals surface area contributed by atoms with E-state index in [4.69, 9.17) is 5.11 Å². The maximum absolute atomic E-state index is 11.5. The summed E-state index contributed by atoms with van der Waals surface area (Å²) >= 11 is 0. The van der Waals surface area contributed by atoms with Gasteiger partial charge in [0.15, 0.2) is 0 Å². The van der Waals surface area contributed by atoms with Crippen LogP contribution in [0.3, 0.4) is 0 Å². The van der Waals surface area contributed by atoms with Crippen LogP contribution in [0, 0.1) is 5.92 Å². The van der Waals surface area contributed by atoms with E-state index in [1.54, 1.807) is 11.2 Å². The molecule has 0 spiro atoms. The third kappa shape index (κ3) is 3.30. The first kappa shape index (κ1) is 13.2. The highest BCUT2D eigenvalue weighted by molar-refractivity contribution is 7.84. The number of amides is 1. The van der Waals surface area contributed by atoms with E-state index >= 15 is 0 Å². The quantitative estimate of drug-likeness (QED) is 0.746. The smallest absolute Gasteiger partial charge is 0.308 e. The van der Waals surface area contributed by atoms with Crippen molar-refractivity contribution < 1.29 is 18.9 Å². The maximum Gasteiger partial charge on any atom is 0.308 e. The Kier molecular flexibility index (Phi) is 4.46. The van der Waals surface area contributed by atoms with Crippen LogP contribution in [0.1, 0.15) is 19.8 Å². The molecule has 5 nitrogen and oxygen atoms in total. The van der Waals surface area contributed by atoms with Gasteiger partial charge in [-0.2, -0.15) is 0 Å². The molecule has 1 fully saturated rings. The summed E-state index contributed by atoms with van der Waals surface area (Å²) in [6, 6.07) is 0. The van der Waals surface area contributed by atoms with E-state index in [0.29, 0.717) is 13.0 Å². The Labute approximate surface area is 97.3 Å². The van der Waals surface area contributed by atoms with Gasteiger partial charge in [0.05, 0.1) is 5.92 Å². The van der Waals surface area contributed by atoms with Gasteiger partial charge < -0.3 is 10.0 Å². The minimum atomic E-state index is -0.914. The van der Waals surface area contributed by atoms with Gasteiger partial charge in [0.2, 0.25) is 5.91 Å². The van der Waals surface area contributed by atoms with Crippen molar-refractivity contribution in [2.24, 2.45) is 5.92 Å². The first-order chi connectivity index (χ1) is 7.41. The summed E-state index contributed by atoms with van der Waals surface area (Å²) in [5.41, 5.74) is 0. The standard InChI is InChI=1S/C10H17NO4S/c1-7(16(2)15)3-4-11-6-8(10(13)14)5-9(11)12/h7-8H,3-6H2,1-2H3,(H,13,14). The van der Waals surface area contributed by atoms with E-state index in [9.17, 15) is 13.8 Å². The normalized spacial score (nSPS) is 24.5. The molecular formula is C10H17NO4S. The van der Waals surface area contributed by atoms with E-state index in [1.807, 2.05) is 6.92 Å². The first-order valence-corrected chi connectivity index (χ1v) is 6.86. The van der Waals surface area contributed by atoms with Crippen LogP contribution in [-0.4, -0.2) is 50.7 Å². The van der Waals surface area contributed by atoms with Crippen LogP contribution in [0.25, 0.3) is 0 Å². The monoisotopic (exact) mass is 247 g/mol. The number of hydrogen-bond donors (Lipinski definition) is 1. The van der Waals surface area contributed by atoms with Gasteiger partial charge in [0.1, 0.15) is 0 Å². The Morgan fingerprint density at radius 1 is 1.69 bits per heavy atom. The van der Waals surface area contributed by atoms with Crippen molar-refractivity contribution in [2.75, 3.05) is 19.3 Å². The third-order valence-electron chi connectivity index (χ3n) is 2.94. The number of carboxylic acid groups (broad SMARTS) is 1. The summed E-state index contributed by atoms with van der Waals surface area (Å²) in [4.78, 5) is 23.7. The van der Waals surface area contributed by atoms with Crippen molar-refractivity contribution in [1.82, 2.24) is 4.90 Å². The number of rotatable bonds is 5. The average molecular weight is 247 g/mol. The molecule has 0 saturated carbocycles. The average Bonchev–Trinajstić information content (AvgIpc) is 2.56. The Morgan fingerprint density at radius 2 is 2.31 bits per heavy atom. The van der Waals surface area contributed by atoms with Crippen LogP contribution in [0.2, 0.25) is 0 Å². The van der Waals surface area contributed by atoms with Gasteiger partial charge in [-0.25, -0.2) is 0 Å². The minimum absolute atomic E-state index is 0.0386.